The first kappa shape index (κ1) is 19.5. The maximum absolute atomic E-state index is 12.9. The van der Waals surface area contributed by atoms with Gasteiger partial charge in [-0.2, -0.15) is 0 Å². The Morgan fingerprint density at radius 3 is 2.48 bits per heavy atom. The van der Waals surface area contributed by atoms with Gasteiger partial charge in [0.15, 0.2) is 6.10 Å². The summed E-state index contributed by atoms with van der Waals surface area (Å²) in [5.41, 5.74) is 5.18. The van der Waals surface area contributed by atoms with Crippen molar-refractivity contribution in [1.82, 2.24) is 5.32 Å². The highest BCUT2D eigenvalue weighted by molar-refractivity contribution is 5.81. The smallest absolute Gasteiger partial charge is 0.261 e. The Kier molecular flexibility index (Phi) is 6.54. The molecule has 0 aromatic heterocycles. The van der Waals surface area contributed by atoms with Gasteiger partial charge in [-0.1, -0.05) is 44.2 Å². The lowest BCUT2D eigenvalue weighted by Crippen LogP contribution is -2.40. The molecule has 144 valence electrons. The molecule has 0 saturated heterocycles. The maximum atomic E-state index is 12.9. The van der Waals surface area contributed by atoms with Crippen molar-refractivity contribution in [2.75, 3.05) is 0 Å². The second kappa shape index (κ2) is 9.07. The van der Waals surface area contributed by atoms with E-state index < -0.39 is 6.10 Å². The van der Waals surface area contributed by atoms with Crippen LogP contribution in [-0.2, 0) is 17.6 Å². The summed E-state index contributed by atoms with van der Waals surface area (Å²) in [5.74, 6) is 0.770. The van der Waals surface area contributed by atoms with E-state index in [0.717, 1.165) is 25.0 Å². The monoisotopic (exact) mass is 365 g/mol. The predicted molar refractivity (Wildman–Crippen MR) is 110 cm³/mol. The number of nitrogens with one attached hydrogen (secondary N) is 1. The van der Waals surface area contributed by atoms with Crippen LogP contribution in [0, 0.1) is 6.92 Å². The van der Waals surface area contributed by atoms with E-state index in [1.165, 1.54) is 35.1 Å². The van der Waals surface area contributed by atoms with Crippen molar-refractivity contribution in [3.05, 3.63) is 64.7 Å². The van der Waals surface area contributed by atoms with Crippen LogP contribution in [0.4, 0.5) is 0 Å². The van der Waals surface area contributed by atoms with Crippen LogP contribution in [-0.4, -0.2) is 12.0 Å². The Hall–Kier alpha value is -2.29. The van der Waals surface area contributed by atoms with Crippen molar-refractivity contribution in [2.24, 2.45) is 0 Å². The molecule has 0 saturated carbocycles. The third-order valence-electron chi connectivity index (χ3n) is 5.55. The van der Waals surface area contributed by atoms with Crippen LogP contribution in [0.25, 0.3) is 0 Å². The number of ether oxygens (including phenoxy) is 1. The van der Waals surface area contributed by atoms with Gasteiger partial charge in [-0.25, -0.2) is 0 Å². The summed E-state index contributed by atoms with van der Waals surface area (Å²) in [6, 6.07) is 14.6. The molecule has 0 aliphatic heterocycles. The van der Waals surface area contributed by atoms with Crippen molar-refractivity contribution in [3.8, 4) is 5.75 Å². The normalized spacial score (nSPS) is 15.5. The molecule has 3 heteroatoms. The van der Waals surface area contributed by atoms with Crippen molar-refractivity contribution in [1.29, 1.82) is 0 Å². The fraction of sp³-hybridized carbons (Fsp3) is 0.458. The SMILES string of the molecule is CCC(Oc1ccc2c(c1)CCCC2)C(=O)NC(CC)c1ccccc1C. The minimum absolute atomic E-state index is 0.0138. The molecule has 1 amide bonds. The second-order valence-electron chi connectivity index (χ2n) is 7.48. The lowest BCUT2D eigenvalue weighted by atomic mass is 9.92. The fourth-order valence-electron chi connectivity index (χ4n) is 3.91. The summed E-state index contributed by atoms with van der Waals surface area (Å²) in [6.45, 7) is 6.19. The third-order valence-corrected chi connectivity index (χ3v) is 5.55. The molecule has 2 atom stereocenters. The van der Waals surface area contributed by atoms with Crippen LogP contribution in [0.15, 0.2) is 42.5 Å². The largest absolute Gasteiger partial charge is 0.481 e. The van der Waals surface area contributed by atoms with E-state index in [0.29, 0.717) is 6.42 Å². The molecule has 1 aliphatic rings. The van der Waals surface area contributed by atoms with Gasteiger partial charge in [-0.3, -0.25) is 4.79 Å². The summed E-state index contributed by atoms with van der Waals surface area (Å²) in [4.78, 5) is 12.9. The Balaban J connectivity index is 1.69. The maximum Gasteiger partial charge on any atom is 0.261 e. The van der Waals surface area contributed by atoms with Crippen LogP contribution in [0.1, 0.15) is 67.8 Å². The molecule has 0 bridgehead atoms. The number of carbonyl (C=O) groups is 1. The molecule has 2 unspecified atom stereocenters. The molecule has 1 N–H and O–H groups in total. The Morgan fingerprint density at radius 2 is 1.78 bits per heavy atom. The summed E-state index contributed by atoms with van der Waals surface area (Å²) in [6.07, 6.45) is 5.80. The molecular weight excluding hydrogens is 334 g/mol. The van der Waals surface area contributed by atoms with E-state index in [-0.39, 0.29) is 11.9 Å². The van der Waals surface area contributed by atoms with Crippen molar-refractivity contribution in [2.45, 2.75) is 71.4 Å². The fourth-order valence-corrected chi connectivity index (χ4v) is 3.91. The van der Waals surface area contributed by atoms with Crippen LogP contribution in [0.3, 0.4) is 0 Å². The van der Waals surface area contributed by atoms with Gasteiger partial charge in [-0.15, -0.1) is 0 Å². The molecule has 0 fully saturated rings. The highest BCUT2D eigenvalue weighted by Crippen LogP contribution is 2.26. The minimum atomic E-state index is -0.468. The van der Waals surface area contributed by atoms with Gasteiger partial charge in [0.1, 0.15) is 5.75 Å². The lowest BCUT2D eigenvalue weighted by Gasteiger charge is -2.24. The van der Waals surface area contributed by atoms with Gasteiger partial charge in [0, 0.05) is 0 Å². The molecule has 0 spiro atoms. The standard InChI is InChI=1S/C24H31NO2/c1-4-22(21-13-9-6-10-17(21)3)25-24(26)23(5-2)27-20-15-14-18-11-7-8-12-19(18)16-20/h6,9-10,13-16,22-23H,4-5,7-8,11-12H2,1-3H3,(H,25,26). The highest BCUT2D eigenvalue weighted by atomic mass is 16.5. The van der Waals surface area contributed by atoms with E-state index in [9.17, 15) is 4.79 Å². The first-order valence-corrected chi connectivity index (χ1v) is 10.3. The number of benzene rings is 2. The number of hydrogen-bond acceptors (Lipinski definition) is 2. The number of amides is 1. The number of fused-ring (bicyclic) bond motifs is 1. The van der Waals surface area contributed by atoms with Crippen LogP contribution < -0.4 is 10.1 Å². The first-order chi connectivity index (χ1) is 13.1. The average Bonchev–Trinajstić information content (AvgIpc) is 2.70. The Bertz CT molecular complexity index is 784. The van der Waals surface area contributed by atoms with Gasteiger partial charge < -0.3 is 10.1 Å². The molecule has 1 aliphatic carbocycles. The molecular formula is C24H31NO2. The number of carbonyl (C=O) groups excluding carboxylic acids is 1. The van der Waals surface area contributed by atoms with Crippen LogP contribution in [0.2, 0.25) is 0 Å². The minimum Gasteiger partial charge on any atom is -0.481 e. The van der Waals surface area contributed by atoms with Crippen LogP contribution >= 0.6 is 0 Å². The number of aryl methyl sites for hydroxylation is 3. The molecule has 27 heavy (non-hydrogen) atoms. The number of hydrogen-bond donors (Lipinski definition) is 1. The lowest BCUT2D eigenvalue weighted by molar-refractivity contribution is -0.128. The molecule has 2 aromatic rings. The molecule has 2 aromatic carbocycles. The Morgan fingerprint density at radius 1 is 1.04 bits per heavy atom. The van der Waals surface area contributed by atoms with Crippen molar-refractivity contribution < 1.29 is 9.53 Å². The molecule has 0 radical (unpaired) electrons. The van der Waals surface area contributed by atoms with Gasteiger partial charge in [0.05, 0.1) is 6.04 Å². The summed E-state index contributed by atoms with van der Waals surface area (Å²) in [5, 5.41) is 3.19. The first-order valence-electron chi connectivity index (χ1n) is 10.3. The summed E-state index contributed by atoms with van der Waals surface area (Å²) >= 11 is 0. The zero-order valence-electron chi connectivity index (χ0n) is 16.8. The average molecular weight is 366 g/mol. The van der Waals surface area contributed by atoms with E-state index in [1.54, 1.807) is 0 Å². The second-order valence-corrected chi connectivity index (χ2v) is 7.48. The third kappa shape index (κ3) is 4.71. The van der Waals surface area contributed by atoms with Gasteiger partial charge in [0.2, 0.25) is 0 Å². The topological polar surface area (TPSA) is 38.3 Å². The van der Waals surface area contributed by atoms with Crippen LogP contribution in [0.5, 0.6) is 5.75 Å². The van der Waals surface area contributed by atoms with Gasteiger partial charge >= 0.3 is 0 Å². The van der Waals surface area contributed by atoms with Gasteiger partial charge in [-0.05, 0) is 79.8 Å². The van der Waals surface area contributed by atoms with E-state index >= 15 is 0 Å². The van der Waals surface area contributed by atoms with Gasteiger partial charge in [0.25, 0.3) is 5.91 Å². The van der Waals surface area contributed by atoms with E-state index in [1.807, 2.05) is 25.1 Å². The highest BCUT2D eigenvalue weighted by Gasteiger charge is 2.23. The van der Waals surface area contributed by atoms with Crippen molar-refractivity contribution in [3.63, 3.8) is 0 Å². The zero-order chi connectivity index (χ0) is 19.2. The predicted octanol–water partition coefficient (Wildman–Crippen LogP) is 5.30. The molecule has 3 nitrogen and oxygen atoms in total. The quantitative estimate of drug-likeness (QED) is 0.723. The summed E-state index contributed by atoms with van der Waals surface area (Å²) < 4.78 is 6.09. The molecule has 0 heterocycles. The number of rotatable bonds is 7. The zero-order valence-corrected chi connectivity index (χ0v) is 16.8. The van der Waals surface area contributed by atoms with E-state index in [2.05, 4.69) is 43.4 Å². The Labute approximate surface area is 163 Å². The van der Waals surface area contributed by atoms with Crippen molar-refractivity contribution >= 4 is 5.91 Å². The molecule has 3 rings (SSSR count). The van der Waals surface area contributed by atoms with E-state index in [4.69, 9.17) is 4.74 Å². The summed E-state index contributed by atoms with van der Waals surface area (Å²) in [7, 11) is 0.